The van der Waals surface area contributed by atoms with Crippen LogP contribution in [0.4, 0.5) is 0 Å². The molecule has 1 aliphatic carbocycles. The van der Waals surface area contributed by atoms with E-state index in [2.05, 4.69) is 17.3 Å². The molecule has 5 nitrogen and oxygen atoms in total. The first-order valence-electron chi connectivity index (χ1n) is 7.40. The third-order valence-electron chi connectivity index (χ3n) is 3.91. The van der Waals surface area contributed by atoms with Crippen LogP contribution in [-0.2, 0) is 6.54 Å². The maximum absolute atomic E-state index is 5.48. The standard InChI is InChI=1S/C16H26N2O3/c1-18(13-6-7-13)10-9-17-11-12-5-8-14(19-2)16(21-4)15(12)20-3/h5,8,13,17H,6-7,9-11H2,1-4H3. The van der Waals surface area contributed by atoms with Crippen LogP contribution in [0.2, 0.25) is 0 Å². The van der Waals surface area contributed by atoms with Gasteiger partial charge in [-0.15, -0.1) is 0 Å². The van der Waals surface area contributed by atoms with Gasteiger partial charge < -0.3 is 24.4 Å². The van der Waals surface area contributed by atoms with E-state index in [-0.39, 0.29) is 0 Å². The van der Waals surface area contributed by atoms with E-state index in [0.717, 1.165) is 37.0 Å². The molecule has 0 aliphatic heterocycles. The van der Waals surface area contributed by atoms with Crippen LogP contribution in [0.3, 0.4) is 0 Å². The Morgan fingerprint density at radius 2 is 1.81 bits per heavy atom. The van der Waals surface area contributed by atoms with E-state index in [1.54, 1.807) is 21.3 Å². The minimum Gasteiger partial charge on any atom is -0.493 e. The van der Waals surface area contributed by atoms with Crippen LogP contribution in [0.5, 0.6) is 17.2 Å². The van der Waals surface area contributed by atoms with Gasteiger partial charge in [0.2, 0.25) is 5.75 Å². The van der Waals surface area contributed by atoms with E-state index < -0.39 is 0 Å². The predicted molar refractivity (Wildman–Crippen MR) is 83.5 cm³/mol. The third-order valence-corrected chi connectivity index (χ3v) is 3.91. The lowest BCUT2D eigenvalue weighted by Gasteiger charge is -2.18. The first kappa shape index (κ1) is 15.9. The molecule has 0 heterocycles. The topological polar surface area (TPSA) is 43.0 Å². The highest BCUT2D eigenvalue weighted by molar-refractivity contribution is 5.55. The molecule has 0 atom stereocenters. The fraction of sp³-hybridized carbons (Fsp3) is 0.625. The highest BCUT2D eigenvalue weighted by Gasteiger charge is 2.25. The highest BCUT2D eigenvalue weighted by Crippen LogP contribution is 2.39. The summed E-state index contributed by atoms with van der Waals surface area (Å²) < 4.78 is 16.2. The van der Waals surface area contributed by atoms with E-state index in [0.29, 0.717) is 11.5 Å². The Morgan fingerprint density at radius 3 is 2.38 bits per heavy atom. The van der Waals surface area contributed by atoms with Crippen molar-refractivity contribution in [2.24, 2.45) is 0 Å². The van der Waals surface area contributed by atoms with E-state index in [1.807, 2.05) is 12.1 Å². The fourth-order valence-electron chi connectivity index (χ4n) is 2.48. The molecule has 0 saturated heterocycles. The van der Waals surface area contributed by atoms with Crippen LogP contribution < -0.4 is 19.5 Å². The van der Waals surface area contributed by atoms with Crippen LogP contribution in [-0.4, -0.2) is 52.4 Å². The average Bonchev–Trinajstić information content (AvgIpc) is 3.35. The molecule has 1 aromatic rings. The highest BCUT2D eigenvalue weighted by atomic mass is 16.5. The molecular weight excluding hydrogens is 268 g/mol. The molecule has 0 bridgehead atoms. The van der Waals surface area contributed by atoms with Gasteiger partial charge in [0.15, 0.2) is 11.5 Å². The molecule has 2 rings (SSSR count). The van der Waals surface area contributed by atoms with Crippen molar-refractivity contribution in [3.8, 4) is 17.2 Å². The molecule has 118 valence electrons. The smallest absolute Gasteiger partial charge is 0.203 e. The fourth-order valence-corrected chi connectivity index (χ4v) is 2.48. The second-order valence-electron chi connectivity index (χ2n) is 5.38. The van der Waals surface area contributed by atoms with Gasteiger partial charge in [-0.1, -0.05) is 6.07 Å². The van der Waals surface area contributed by atoms with Gasteiger partial charge in [0.1, 0.15) is 0 Å². The third kappa shape index (κ3) is 4.02. The SMILES string of the molecule is COc1ccc(CNCCN(C)C2CC2)c(OC)c1OC. The van der Waals surface area contributed by atoms with Crippen LogP contribution in [0.25, 0.3) is 0 Å². The Hall–Kier alpha value is -1.46. The van der Waals surface area contributed by atoms with Crippen molar-refractivity contribution in [3.05, 3.63) is 17.7 Å². The van der Waals surface area contributed by atoms with Gasteiger partial charge in [-0.05, 0) is 26.0 Å². The minimum absolute atomic E-state index is 0.648. The number of nitrogens with one attached hydrogen (secondary N) is 1. The normalized spacial score (nSPS) is 14.3. The summed E-state index contributed by atoms with van der Waals surface area (Å²) in [6.07, 6.45) is 2.69. The van der Waals surface area contributed by atoms with Gasteiger partial charge in [0.05, 0.1) is 21.3 Å². The molecule has 0 aromatic heterocycles. The molecule has 0 amide bonds. The molecule has 1 N–H and O–H groups in total. The number of likely N-dealkylation sites (N-methyl/N-ethyl adjacent to an activating group) is 1. The van der Waals surface area contributed by atoms with Crippen LogP contribution in [0, 0.1) is 0 Å². The monoisotopic (exact) mass is 294 g/mol. The molecule has 1 fully saturated rings. The zero-order valence-electron chi connectivity index (χ0n) is 13.4. The first-order chi connectivity index (χ1) is 10.2. The Kier molecular flexibility index (Phi) is 5.70. The lowest BCUT2D eigenvalue weighted by molar-refractivity contribution is 0.316. The van der Waals surface area contributed by atoms with Gasteiger partial charge >= 0.3 is 0 Å². The van der Waals surface area contributed by atoms with Crippen molar-refractivity contribution in [2.45, 2.75) is 25.4 Å². The molecule has 0 unspecified atom stereocenters. The van der Waals surface area contributed by atoms with Gasteiger partial charge in [-0.25, -0.2) is 0 Å². The van der Waals surface area contributed by atoms with Gasteiger partial charge in [-0.3, -0.25) is 0 Å². The zero-order chi connectivity index (χ0) is 15.2. The van der Waals surface area contributed by atoms with Crippen LogP contribution in [0.15, 0.2) is 12.1 Å². The Bertz CT molecular complexity index is 461. The van der Waals surface area contributed by atoms with Crippen molar-refractivity contribution in [1.82, 2.24) is 10.2 Å². The van der Waals surface area contributed by atoms with Crippen molar-refractivity contribution in [3.63, 3.8) is 0 Å². The van der Waals surface area contributed by atoms with Gasteiger partial charge in [-0.2, -0.15) is 0 Å². The number of benzene rings is 1. The molecule has 1 aliphatic rings. The molecular formula is C16H26N2O3. The first-order valence-corrected chi connectivity index (χ1v) is 7.40. The predicted octanol–water partition coefficient (Wildman–Crippen LogP) is 1.90. The number of nitrogens with zero attached hydrogens (tertiary/aromatic N) is 1. The maximum Gasteiger partial charge on any atom is 0.203 e. The largest absolute Gasteiger partial charge is 0.493 e. The molecule has 1 saturated carbocycles. The molecule has 21 heavy (non-hydrogen) atoms. The quantitative estimate of drug-likeness (QED) is 0.705. The van der Waals surface area contributed by atoms with E-state index in [1.165, 1.54) is 12.8 Å². The summed E-state index contributed by atoms with van der Waals surface area (Å²) in [6.45, 7) is 2.78. The second kappa shape index (κ2) is 7.52. The molecule has 1 aromatic carbocycles. The lowest BCUT2D eigenvalue weighted by Crippen LogP contribution is -2.30. The Balaban J connectivity index is 1.92. The van der Waals surface area contributed by atoms with Crippen molar-refractivity contribution < 1.29 is 14.2 Å². The summed E-state index contributed by atoms with van der Waals surface area (Å²) in [5.74, 6) is 2.07. The van der Waals surface area contributed by atoms with E-state index in [4.69, 9.17) is 14.2 Å². The van der Waals surface area contributed by atoms with Crippen molar-refractivity contribution in [1.29, 1.82) is 0 Å². The summed E-state index contributed by atoms with van der Waals surface area (Å²) in [6, 6.07) is 4.73. The average molecular weight is 294 g/mol. The minimum atomic E-state index is 0.648. The molecule has 0 radical (unpaired) electrons. The number of methoxy groups -OCH3 is 3. The summed E-state index contributed by atoms with van der Waals surface area (Å²) in [4.78, 5) is 2.42. The number of hydrogen-bond acceptors (Lipinski definition) is 5. The van der Waals surface area contributed by atoms with Crippen LogP contribution in [0.1, 0.15) is 18.4 Å². The number of hydrogen-bond donors (Lipinski definition) is 1. The summed E-state index contributed by atoms with van der Waals surface area (Å²) in [5.41, 5.74) is 1.07. The maximum atomic E-state index is 5.48. The van der Waals surface area contributed by atoms with Gasteiger partial charge in [0, 0.05) is 31.2 Å². The zero-order valence-corrected chi connectivity index (χ0v) is 13.4. The molecule has 0 spiro atoms. The summed E-state index contributed by atoms with van der Waals surface area (Å²) in [7, 11) is 7.10. The summed E-state index contributed by atoms with van der Waals surface area (Å²) in [5, 5.41) is 3.46. The van der Waals surface area contributed by atoms with E-state index >= 15 is 0 Å². The van der Waals surface area contributed by atoms with Crippen molar-refractivity contribution >= 4 is 0 Å². The van der Waals surface area contributed by atoms with Gasteiger partial charge in [0.25, 0.3) is 0 Å². The van der Waals surface area contributed by atoms with Crippen LogP contribution >= 0.6 is 0 Å². The second-order valence-corrected chi connectivity index (χ2v) is 5.38. The van der Waals surface area contributed by atoms with E-state index in [9.17, 15) is 0 Å². The number of rotatable bonds is 9. The number of ether oxygens (including phenoxy) is 3. The Morgan fingerprint density at radius 1 is 1.10 bits per heavy atom. The molecule has 5 heteroatoms. The van der Waals surface area contributed by atoms with Crippen molar-refractivity contribution in [2.75, 3.05) is 41.5 Å². The summed E-state index contributed by atoms with van der Waals surface area (Å²) >= 11 is 0. The lowest BCUT2D eigenvalue weighted by atomic mass is 10.1. The Labute approximate surface area is 127 Å².